The number of nitrogens with one attached hydrogen (secondary N) is 1. The number of carbonyl (C=O) groups is 2. The first-order chi connectivity index (χ1) is 14.6. The van der Waals surface area contributed by atoms with Crippen LogP contribution in [0.5, 0.6) is 17.2 Å². The maximum absolute atomic E-state index is 12.1. The van der Waals surface area contributed by atoms with E-state index >= 15 is 0 Å². The van der Waals surface area contributed by atoms with Gasteiger partial charge in [0.2, 0.25) is 5.75 Å². The molecule has 0 unspecified atom stereocenters. The van der Waals surface area contributed by atoms with Crippen molar-refractivity contribution in [3.63, 3.8) is 0 Å². The first-order valence-electron chi connectivity index (χ1n) is 10.2. The zero-order valence-corrected chi connectivity index (χ0v) is 16.9. The minimum absolute atomic E-state index is 0.00130. The molecule has 7 heteroatoms. The van der Waals surface area contributed by atoms with E-state index in [4.69, 9.17) is 14.2 Å². The maximum atomic E-state index is 12.1. The van der Waals surface area contributed by atoms with E-state index in [1.807, 2.05) is 12.1 Å². The molecule has 0 atom stereocenters. The lowest BCUT2D eigenvalue weighted by atomic mass is 9.99. The molecule has 158 valence electrons. The molecule has 7 nitrogen and oxygen atoms in total. The summed E-state index contributed by atoms with van der Waals surface area (Å²) in [4.78, 5) is 23.9. The van der Waals surface area contributed by atoms with Crippen LogP contribution < -0.4 is 14.8 Å². The highest BCUT2D eigenvalue weighted by Crippen LogP contribution is 2.44. The zero-order chi connectivity index (χ0) is 21.1. The van der Waals surface area contributed by atoms with Gasteiger partial charge in [-0.05, 0) is 48.2 Å². The Labute approximate surface area is 174 Å². The van der Waals surface area contributed by atoms with Crippen LogP contribution in [-0.2, 0) is 16.1 Å². The first kappa shape index (κ1) is 20.1. The Hall–Kier alpha value is -3.22. The number of hydrogen-bond donors (Lipinski definition) is 2. The lowest BCUT2D eigenvalue weighted by molar-refractivity contribution is -0.149. The van der Waals surface area contributed by atoms with Crippen LogP contribution in [0.3, 0.4) is 0 Å². The fourth-order valence-electron chi connectivity index (χ4n) is 4.09. The summed E-state index contributed by atoms with van der Waals surface area (Å²) in [6.45, 7) is 0.733. The molecule has 0 spiro atoms. The van der Waals surface area contributed by atoms with Gasteiger partial charge in [-0.15, -0.1) is 0 Å². The average molecular weight is 411 g/mol. The first-order valence-corrected chi connectivity index (χ1v) is 10.2. The second-order valence-corrected chi connectivity index (χ2v) is 7.55. The highest BCUT2D eigenvalue weighted by Gasteiger charge is 2.25. The van der Waals surface area contributed by atoms with Gasteiger partial charge in [-0.1, -0.05) is 18.9 Å². The highest BCUT2D eigenvalue weighted by atomic mass is 16.6. The summed E-state index contributed by atoms with van der Waals surface area (Å²) in [6.07, 6.45) is 3.92. The summed E-state index contributed by atoms with van der Waals surface area (Å²) in [5.41, 5.74) is 3.11. The quantitative estimate of drug-likeness (QED) is 0.536. The molecule has 2 N–H and O–H groups in total. The number of phenols is 1. The fourth-order valence-corrected chi connectivity index (χ4v) is 4.09. The molecule has 0 bridgehead atoms. The van der Waals surface area contributed by atoms with Crippen molar-refractivity contribution in [3.8, 4) is 28.4 Å². The monoisotopic (exact) mass is 411 g/mol. The summed E-state index contributed by atoms with van der Waals surface area (Å²) >= 11 is 0. The topological polar surface area (TPSA) is 94.1 Å². The van der Waals surface area contributed by atoms with Gasteiger partial charge in [0.1, 0.15) is 13.2 Å². The number of amides is 1. The van der Waals surface area contributed by atoms with Gasteiger partial charge in [0.15, 0.2) is 11.5 Å². The maximum Gasteiger partial charge on any atom is 0.309 e. The van der Waals surface area contributed by atoms with E-state index in [0.29, 0.717) is 23.4 Å². The second-order valence-electron chi connectivity index (χ2n) is 7.55. The van der Waals surface area contributed by atoms with Gasteiger partial charge < -0.3 is 24.6 Å². The van der Waals surface area contributed by atoms with Crippen molar-refractivity contribution in [1.82, 2.24) is 5.32 Å². The number of rotatable bonds is 7. The van der Waals surface area contributed by atoms with E-state index in [0.717, 1.165) is 36.8 Å². The molecule has 1 aliphatic carbocycles. The van der Waals surface area contributed by atoms with E-state index < -0.39 is 0 Å². The number of esters is 1. The molecular formula is C23H25NO6. The third-order valence-electron chi connectivity index (χ3n) is 5.66. The lowest BCUT2D eigenvalue weighted by Crippen LogP contribution is -2.18. The van der Waals surface area contributed by atoms with Gasteiger partial charge in [-0.3, -0.25) is 9.59 Å². The van der Waals surface area contributed by atoms with Crippen LogP contribution >= 0.6 is 0 Å². The van der Waals surface area contributed by atoms with Crippen LogP contribution in [0.15, 0.2) is 30.3 Å². The minimum Gasteiger partial charge on any atom is -0.504 e. The molecule has 1 saturated carbocycles. The molecule has 1 fully saturated rings. The Bertz CT molecular complexity index is 964. The zero-order valence-electron chi connectivity index (χ0n) is 16.9. The largest absolute Gasteiger partial charge is 0.504 e. The molecule has 0 radical (unpaired) electrons. The van der Waals surface area contributed by atoms with Crippen LogP contribution in [0.1, 0.15) is 41.6 Å². The van der Waals surface area contributed by atoms with Crippen molar-refractivity contribution in [1.29, 1.82) is 0 Å². The molecule has 4 rings (SSSR count). The van der Waals surface area contributed by atoms with Crippen LogP contribution in [0.4, 0.5) is 0 Å². The smallest absolute Gasteiger partial charge is 0.309 e. The summed E-state index contributed by atoms with van der Waals surface area (Å²) < 4.78 is 16.6. The number of benzene rings is 2. The highest BCUT2D eigenvalue weighted by molar-refractivity contribution is 5.99. The Morgan fingerprint density at radius 2 is 1.87 bits per heavy atom. The molecule has 1 aliphatic heterocycles. The summed E-state index contributed by atoms with van der Waals surface area (Å²) in [6, 6.07) is 8.81. The van der Waals surface area contributed by atoms with Crippen molar-refractivity contribution in [2.24, 2.45) is 5.92 Å². The summed E-state index contributed by atoms with van der Waals surface area (Å²) in [5.74, 6) is 0.280. The van der Waals surface area contributed by atoms with Gasteiger partial charge >= 0.3 is 5.97 Å². The van der Waals surface area contributed by atoms with Gasteiger partial charge in [0.05, 0.1) is 13.0 Å². The van der Waals surface area contributed by atoms with E-state index in [2.05, 4.69) is 5.32 Å². The van der Waals surface area contributed by atoms with Crippen molar-refractivity contribution in [2.45, 2.75) is 32.2 Å². The van der Waals surface area contributed by atoms with Crippen molar-refractivity contribution in [2.75, 3.05) is 20.3 Å². The summed E-state index contributed by atoms with van der Waals surface area (Å²) in [7, 11) is 1.46. The van der Waals surface area contributed by atoms with Crippen LogP contribution in [-0.4, -0.2) is 37.3 Å². The predicted octanol–water partition coefficient (Wildman–Crippen LogP) is 3.42. The van der Waals surface area contributed by atoms with E-state index in [-0.39, 0.29) is 42.5 Å². The molecule has 1 heterocycles. The lowest BCUT2D eigenvalue weighted by Gasteiger charge is -2.17. The molecule has 2 aliphatic rings. The Morgan fingerprint density at radius 1 is 1.10 bits per heavy atom. The number of ether oxygens (including phenoxy) is 3. The van der Waals surface area contributed by atoms with Gasteiger partial charge in [0.25, 0.3) is 5.91 Å². The van der Waals surface area contributed by atoms with E-state index in [9.17, 15) is 14.7 Å². The molecule has 2 aromatic rings. The SMILES string of the molecule is COc1c(O)ccc(-c2ccc3c(c2)CNC3=O)c1OCCOC(=O)C1CCCC1. The van der Waals surface area contributed by atoms with Crippen molar-refractivity contribution >= 4 is 11.9 Å². The van der Waals surface area contributed by atoms with Gasteiger partial charge in [-0.25, -0.2) is 0 Å². The van der Waals surface area contributed by atoms with E-state index in [1.165, 1.54) is 13.2 Å². The summed E-state index contributed by atoms with van der Waals surface area (Å²) in [5, 5.41) is 13.0. The molecule has 2 aromatic carbocycles. The molecule has 1 amide bonds. The number of carbonyl (C=O) groups excluding carboxylic acids is 2. The molecule has 30 heavy (non-hydrogen) atoms. The third-order valence-corrected chi connectivity index (χ3v) is 5.66. The Kier molecular flexibility index (Phi) is 5.79. The Morgan fingerprint density at radius 3 is 2.63 bits per heavy atom. The van der Waals surface area contributed by atoms with E-state index in [1.54, 1.807) is 12.1 Å². The fraction of sp³-hybridized carbons (Fsp3) is 0.391. The standard InChI is InChI=1S/C23H25NO6/c1-28-21-19(25)9-8-17(15-6-7-18-16(12-15)13-24-22(18)26)20(21)29-10-11-30-23(27)14-4-2-3-5-14/h6-9,12,14,25H,2-5,10-11,13H2,1H3,(H,24,26). The number of fused-ring (bicyclic) bond motifs is 1. The predicted molar refractivity (Wildman–Crippen MR) is 110 cm³/mol. The number of methoxy groups -OCH3 is 1. The minimum atomic E-state index is -0.171. The van der Waals surface area contributed by atoms with Crippen molar-refractivity contribution < 1.29 is 28.9 Å². The van der Waals surface area contributed by atoms with Gasteiger partial charge in [0, 0.05) is 17.7 Å². The van der Waals surface area contributed by atoms with Crippen LogP contribution in [0.25, 0.3) is 11.1 Å². The van der Waals surface area contributed by atoms with Crippen LogP contribution in [0.2, 0.25) is 0 Å². The number of hydrogen-bond acceptors (Lipinski definition) is 6. The Balaban J connectivity index is 1.52. The van der Waals surface area contributed by atoms with Crippen molar-refractivity contribution in [3.05, 3.63) is 41.5 Å². The normalized spacial score (nSPS) is 15.6. The number of aromatic hydroxyl groups is 1. The average Bonchev–Trinajstić information content (AvgIpc) is 3.41. The van der Waals surface area contributed by atoms with Crippen LogP contribution in [0, 0.1) is 5.92 Å². The molecular weight excluding hydrogens is 386 g/mol. The molecule has 0 aromatic heterocycles. The number of phenolic OH excluding ortho intramolecular Hbond substituents is 1. The van der Waals surface area contributed by atoms with Gasteiger partial charge in [-0.2, -0.15) is 0 Å². The second kappa shape index (κ2) is 8.65. The third kappa shape index (κ3) is 3.92. The molecule has 0 saturated heterocycles.